The Morgan fingerprint density at radius 1 is 1.08 bits per heavy atom. The molecule has 1 amide bonds. The topological polar surface area (TPSA) is 148 Å². The van der Waals surface area contributed by atoms with Crippen LogP contribution in [0.4, 0.5) is 4.79 Å². The molecule has 10 nitrogen and oxygen atoms in total. The molecular weight excluding hydrogens is 366 g/mol. The standard InChI is InChI=1S/C15H29N3O7S/c1-2-3-4-5-6-7-8-16-26(23,24)17-14-13(21)12(20)11(19)10-9-25-15(22)18(10)14/h10-14,16-17,19-21H,2-9H2,1H3/t10?,11-,12+,13?,14+/m1/s1. The Labute approximate surface area is 153 Å². The number of piperidine rings is 1. The molecule has 0 saturated carbocycles. The normalized spacial score (nSPS) is 31.8. The number of nitrogens with zero attached hydrogens (tertiary/aromatic N) is 1. The zero-order chi connectivity index (χ0) is 19.3. The SMILES string of the molecule is CCCCCCCCNS(=O)(=O)N[C@@H]1C(O)[C@@H](O)[C@H](O)C2COC(=O)N21. The van der Waals surface area contributed by atoms with Crippen molar-refractivity contribution >= 4 is 16.3 Å². The summed E-state index contributed by atoms with van der Waals surface area (Å²) in [6.45, 7) is 2.16. The number of fused-ring (bicyclic) bond motifs is 1. The van der Waals surface area contributed by atoms with Gasteiger partial charge in [-0.3, -0.25) is 4.90 Å². The van der Waals surface area contributed by atoms with E-state index in [1.54, 1.807) is 0 Å². The number of hydrogen-bond acceptors (Lipinski definition) is 7. The Morgan fingerprint density at radius 3 is 2.42 bits per heavy atom. The van der Waals surface area contributed by atoms with Crippen LogP contribution in [0.1, 0.15) is 45.4 Å². The number of cyclic esters (lactones) is 1. The Morgan fingerprint density at radius 2 is 1.73 bits per heavy atom. The molecule has 2 fully saturated rings. The second kappa shape index (κ2) is 9.29. The highest BCUT2D eigenvalue weighted by Gasteiger charge is 2.54. The number of amides is 1. The van der Waals surface area contributed by atoms with E-state index in [1.165, 1.54) is 0 Å². The molecule has 0 aromatic carbocycles. The summed E-state index contributed by atoms with van der Waals surface area (Å²) in [5, 5.41) is 30.0. The minimum atomic E-state index is -4.02. The van der Waals surface area contributed by atoms with Crippen molar-refractivity contribution in [1.29, 1.82) is 0 Å². The molecule has 2 aliphatic heterocycles. The fraction of sp³-hybridized carbons (Fsp3) is 0.933. The van der Waals surface area contributed by atoms with E-state index in [1.807, 2.05) is 0 Å². The predicted molar refractivity (Wildman–Crippen MR) is 92.2 cm³/mol. The van der Waals surface area contributed by atoms with Gasteiger partial charge in [-0.05, 0) is 6.42 Å². The molecular formula is C15H29N3O7S. The lowest BCUT2D eigenvalue weighted by Crippen LogP contribution is -2.70. The summed E-state index contributed by atoms with van der Waals surface area (Å²) in [7, 11) is -4.02. The molecule has 2 heterocycles. The van der Waals surface area contributed by atoms with Crippen molar-refractivity contribution in [2.75, 3.05) is 13.2 Å². The first-order chi connectivity index (χ1) is 12.3. The van der Waals surface area contributed by atoms with Gasteiger partial charge in [-0.1, -0.05) is 39.0 Å². The summed E-state index contributed by atoms with van der Waals surface area (Å²) >= 11 is 0. The number of unbranched alkanes of at least 4 members (excludes halogenated alkanes) is 5. The second-order valence-corrected chi connectivity index (χ2v) is 8.28. The predicted octanol–water partition coefficient (Wildman–Crippen LogP) is -0.986. The van der Waals surface area contributed by atoms with Gasteiger partial charge in [0.1, 0.15) is 31.1 Å². The summed E-state index contributed by atoms with van der Waals surface area (Å²) in [5.41, 5.74) is 0. The Balaban J connectivity index is 1.89. The van der Waals surface area contributed by atoms with E-state index in [-0.39, 0.29) is 13.2 Å². The van der Waals surface area contributed by atoms with E-state index in [4.69, 9.17) is 4.74 Å². The van der Waals surface area contributed by atoms with E-state index in [0.29, 0.717) is 6.42 Å². The molecule has 2 rings (SSSR count). The van der Waals surface area contributed by atoms with Crippen molar-refractivity contribution in [3.05, 3.63) is 0 Å². The maximum absolute atomic E-state index is 12.2. The first kappa shape index (κ1) is 21.3. The van der Waals surface area contributed by atoms with Gasteiger partial charge in [0.25, 0.3) is 10.2 Å². The van der Waals surface area contributed by atoms with Crippen molar-refractivity contribution in [2.45, 2.75) is 76.0 Å². The molecule has 26 heavy (non-hydrogen) atoms. The van der Waals surface area contributed by atoms with Crippen LogP contribution in [0.2, 0.25) is 0 Å². The average Bonchev–Trinajstić information content (AvgIpc) is 2.97. The number of aliphatic hydroxyl groups is 3. The number of ether oxygens (including phenoxy) is 1. The monoisotopic (exact) mass is 395 g/mol. The number of nitrogens with one attached hydrogen (secondary N) is 2. The maximum atomic E-state index is 12.2. The largest absolute Gasteiger partial charge is 0.447 e. The molecule has 0 aromatic rings. The van der Waals surface area contributed by atoms with Crippen LogP contribution in [0.15, 0.2) is 0 Å². The van der Waals surface area contributed by atoms with E-state index in [0.717, 1.165) is 37.0 Å². The van der Waals surface area contributed by atoms with Crippen LogP contribution in [-0.4, -0.2) is 78.4 Å². The smallest absolute Gasteiger partial charge is 0.411 e. The van der Waals surface area contributed by atoms with Crippen molar-refractivity contribution in [2.24, 2.45) is 0 Å². The van der Waals surface area contributed by atoms with Crippen LogP contribution in [0.5, 0.6) is 0 Å². The lowest BCUT2D eigenvalue weighted by molar-refractivity contribution is -0.144. The number of rotatable bonds is 10. The molecule has 2 unspecified atom stereocenters. The van der Waals surface area contributed by atoms with Crippen LogP contribution in [0.25, 0.3) is 0 Å². The number of carbonyl (C=O) groups excluding carboxylic acids is 1. The lowest BCUT2D eigenvalue weighted by Gasteiger charge is -2.43. The van der Waals surface area contributed by atoms with Gasteiger partial charge >= 0.3 is 6.09 Å². The van der Waals surface area contributed by atoms with Gasteiger partial charge in [-0.25, -0.2) is 9.52 Å². The van der Waals surface area contributed by atoms with Gasteiger partial charge in [0.2, 0.25) is 0 Å². The fourth-order valence-electron chi connectivity index (χ4n) is 3.25. The van der Waals surface area contributed by atoms with Crippen molar-refractivity contribution < 1.29 is 33.3 Å². The molecule has 11 heteroatoms. The van der Waals surface area contributed by atoms with Gasteiger partial charge in [-0.15, -0.1) is 0 Å². The molecule has 0 bridgehead atoms. The Bertz CT molecular complexity index is 574. The summed E-state index contributed by atoms with van der Waals surface area (Å²) in [6.07, 6.45) is -0.950. The van der Waals surface area contributed by atoms with Crippen LogP contribution in [-0.2, 0) is 14.9 Å². The number of carbonyl (C=O) groups is 1. The Hall–Kier alpha value is -0.980. The third-order valence-corrected chi connectivity index (χ3v) is 5.90. The van der Waals surface area contributed by atoms with E-state index >= 15 is 0 Å². The second-order valence-electron chi connectivity index (χ2n) is 6.75. The minimum absolute atomic E-state index is 0.187. The molecule has 2 saturated heterocycles. The first-order valence-electron chi connectivity index (χ1n) is 9.04. The summed E-state index contributed by atoms with van der Waals surface area (Å²) in [4.78, 5) is 12.8. The minimum Gasteiger partial charge on any atom is -0.447 e. The van der Waals surface area contributed by atoms with Gasteiger partial charge in [-0.2, -0.15) is 13.1 Å². The molecule has 5 N–H and O–H groups in total. The van der Waals surface area contributed by atoms with Crippen molar-refractivity contribution in [3.63, 3.8) is 0 Å². The first-order valence-corrected chi connectivity index (χ1v) is 10.5. The zero-order valence-corrected chi connectivity index (χ0v) is 15.7. The van der Waals surface area contributed by atoms with Gasteiger partial charge < -0.3 is 20.1 Å². The van der Waals surface area contributed by atoms with Gasteiger partial charge in [0, 0.05) is 6.54 Å². The lowest BCUT2D eigenvalue weighted by atomic mass is 9.93. The molecule has 5 atom stereocenters. The quantitative estimate of drug-likeness (QED) is 0.298. The Kier molecular flexibility index (Phi) is 7.62. The number of aliphatic hydroxyl groups excluding tert-OH is 3. The molecule has 152 valence electrons. The summed E-state index contributed by atoms with van der Waals surface area (Å²) < 4.78 is 33.8. The summed E-state index contributed by atoms with van der Waals surface area (Å²) in [5.74, 6) is 0. The van der Waals surface area contributed by atoms with Crippen LogP contribution < -0.4 is 9.44 Å². The molecule has 0 aromatic heterocycles. The van der Waals surface area contributed by atoms with E-state index < -0.39 is 46.8 Å². The van der Waals surface area contributed by atoms with Gasteiger partial charge in [0.05, 0.1) is 6.04 Å². The average molecular weight is 395 g/mol. The fourth-order valence-corrected chi connectivity index (χ4v) is 4.32. The third-order valence-electron chi connectivity index (χ3n) is 4.76. The van der Waals surface area contributed by atoms with Crippen molar-refractivity contribution in [3.8, 4) is 0 Å². The van der Waals surface area contributed by atoms with Crippen molar-refractivity contribution in [1.82, 2.24) is 14.3 Å². The summed E-state index contributed by atoms with van der Waals surface area (Å²) in [6, 6.07) is -0.924. The maximum Gasteiger partial charge on any atom is 0.411 e. The zero-order valence-electron chi connectivity index (χ0n) is 14.9. The van der Waals surface area contributed by atoms with E-state index in [2.05, 4.69) is 16.4 Å². The molecule has 2 aliphatic rings. The highest BCUT2D eigenvalue weighted by atomic mass is 32.2. The molecule has 0 radical (unpaired) electrons. The highest BCUT2D eigenvalue weighted by Crippen LogP contribution is 2.28. The van der Waals surface area contributed by atoms with Gasteiger partial charge in [0.15, 0.2) is 0 Å². The molecule has 0 aliphatic carbocycles. The third kappa shape index (κ3) is 5.05. The van der Waals surface area contributed by atoms with Crippen LogP contribution in [0.3, 0.4) is 0 Å². The van der Waals surface area contributed by atoms with E-state index in [9.17, 15) is 28.5 Å². The van der Waals surface area contributed by atoms with Crippen LogP contribution >= 0.6 is 0 Å². The highest BCUT2D eigenvalue weighted by molar-refractivity contribution is 7.87. The van der Waals surface area contributed by atoms with Crippen LogP contribution in [0, 0.1) is 0 Å². The number of hydrogen-bond donors (Lipinski definition) is 5. The molecule has 0 spiro atoms.